The van der Waals surface area contributed by atoms with Crippen LogP contribution < -0.4 is 5.32 Å². The molecule has 0 aromatic heterocycles. The van der Waals surface area contributed by atoms with Crippen LogP contribution in [-0.2, 0) is 4.79 Å². The molecule has 2 nitrogen and oxygen atoms in total. The van der Waals surface area contributed by atoms with Crippen molar-refractivity contribution in [2.45, 2.75) is 46.2 Å². The summed E-state index contributed by atoms with van der Waals surface area (Å²) in [5.41, 5.74) is 0. The van der Waals surface area contributed by atoms with Crippen LogP contribution in [0.4, 0.5) is 0 Å². The maximum Gasteiger partial charge on any atom is 0.150 e. The Labute approximate surface area is 86.9 Å². The molecule has 0 aliphatic heterocycles. The van der Waals surface area contributed by atoms with Crippen molar-refractivity contribution in [3.8, 4) is 0 Å². The summed E-state index contributed by atoms with van der Waals surface area (Å²) in [6.45, 7) is 8.20. The van der Waals surface area contributed by atoms with E-state index in [0.717, 1.165) is 0 Å². The van der Waals surface area contributed by atoms with Crippen LogP contribution in [0.5, 0.6) is 0 Å². The number of rotatable bonds is 6. The van der Waals surface area contributed by atoms with Crippen LogP contribution in [0, 0.1) is 5.92 Å². The van der Waals surface area contributed by atoms with Crippen LogP contribution >= 0.6 is 12.6 Å². The van der Waals surface area contributed by atoms with E-state index in [1.165, 1.54) is 0 Å². The fraction of sp³-hybridized carbons (Fsp3) is 0.900. The minimum atomic E-state index is -0.0780. The van der Waals surface area contributed by atoms with Gasteiger partial charge in [-0.15, -0.1) is 0 Å². The van der Waals surface area contributed by atoms with Gasteiger partial charge in [-0.1, -0.05) is 27.7 Å². The molecule has 0 heterocycles. The van der Waals surface area contributed by atoms with E-state index in [0.29, 0.717) is 24.1 Å². The third-order valence-corrected chi connectivity index (χ3v) is 2.08. The Morgan fingerprint density at radius 1 is 1.31 bits per heavy atom. The lowest BCUT2D eigenvalue weighted by Crippen LogP contribution is -2.42. The third-order valence-electron chi connectivity index (χ3n) is 1.72. The molecule has 13 heavy (non-hydrogen) atoms. The zero-order chi connectivity index (χ0) is 10.4. The number of carbonyl (C=O) groups is 1. The monoisotopic (exact) mass is 203 g/mol. The van der Waals surface area contributed by atoms with Crippen molar-refractivity contribution in [3.05, 3.63) is 0 Å². The van der Waals surface area contributed by atoms with Crippen LogP contribution in [0.3, 0.4) is 0 Å². The van der Waals surface area contributed by atoms with Gasteiger partial charge in [0, 0.05) is 18.2 Å². The van der Waals surface area contributed by atoms with E-state index >= 15 is 0 Å². The van der Waals surface area contributed by atoms with Crippen molar-refractivity contribution in [2.24, 2.45) is 5.92 Å². The van der Waals surface area contributed by atoms with Crippen LogP contribution in [0.25, 0.3) is 0 Å². The van der Waals surface area contributed by atoms with E-state index in [-0.39, 0.29) is 11.8 Å². The van der Waals surface area contributed by atoms with Crippen molar-refractivity contribution >= 4 is 18.4 Å². The van der Waals surface area contributed by atoms with Gasteiger partial charge in [-0.05, 0) is 5.92 Å². The molecule has 0 aliphatic rings. The van der Waals surface area contributed by atoms with Crippen LogP contribution in [0.2, 0.25) is 0 Å². The molecule has 0 bridgehead atoms. The number of hydrogen-bond donors (Lipinski definition) is 2. The summed E-state index contributed by atoms with van der Waals surface area (Å²) in [7, 11) is 0. The molecule has 0 aromatic carbocycles. The van der Waals surface area contributed by atoms with E-state index in [2.05, 4.69) is 31.8 Å². The Bertz CT molecular complexity index is 157. The summed E-state index contributed by atoms with van der Waals surface area (Å²) in [5, 5.41) is 3.21. The summed E-state index contributed by atoms with van der Waals surface area (Å²) in [5.74, 6) is 1.30. The van der Waals surface area contributed by atoms with Gasteiger partial charge in [0.25, 0.3) is 0 Å². The first-order chi connectivity index (χ1) is 5.97. The van der Waals surface area contributed by atoms with Gasteiger partial charge in [-0.3, -0.25) is 4.79 Å². The van der Waals surface area contributed by atoms with Crippen molar-refractivity contribution in [1.82, 2.24) is 5.32 Å². The molecule has 1 atom stereocenters. The number of Topliss-reactive ketones (excluding diaryl/α,β-unsaturated/α-hetero) is 1. The first kappa shape index (κ1) is 13.0. The van der Waals surface area contributed by atoms with Gasteiger partial charge < -0.3 is 5.32 Å². The van der Waals surface area contributed by atoms with Gasteiger partial charge in [0.2, 0.25) is 0 Å². The van der Waals surface area contributed by atoms with Gasteiger partial charge in [-0.2, -0.15) is 12.6 Å². The van der Waals surface area contributed by atoms with Gasteiger partial charge in [0.05, 0.1) is 6.04 Å². The van der Waals surface area contributed by atoms with Gasteiger partial charge >= 0.3 is 0 Å². The summed E-state index contributed by atoms with van der Waals surface area (Å²) in [6.07, 6.45) is 0.644. The van der Waals surface area contributed by atoms with Crippen LogP contribution in [-0.4, -0.2) is 23.6 Å². The smallest absolute Gasteiger partial charge is 0.150 e. The predicted octanol–water partition coefficient (Wildman–Crippen LogP) is 1.90. The highest BCUT2D eigenvalue weighted by Crippen LogP contribution is 2.04. The van der Waals surface area contributed by atoms with Gasteiger partial charge in [0.15, 0.2) is 5.78 Å². The molecule has 0 spiro atoms. The Hall–Kier alpha value is -0.0200. The summed E-state index contributed by atoms with van der Waals surface area (Å²) >= 11 is 4.17. The molecule has 78 valence electrons. The maximum absolute atomic E-state index is 11.6. The highest BCUT2D eigenvalue weighted by molar-refractivity contribution is 7.80. The topological polar surface area (TPSA) is 29.1 Å². The van der Waals surface area contributed by atoms with E-state index < -0.39 is 0 Å². The van der Waals surface area contributed by atoms with E-state index in [1.807, 2.05) is 13.8 Å². The molecular weight excluding hydrogens is 182 g/mol. The first-order valence-corrected chi connectivity index (χ1v) is 5.50. The average Bonchev–Trinajstić information content (AvgIpc) is 1.98. The molecular formula is C10H21NOS. The zero-order valence-electron chi connectivity index (χ0n) is 9.00. The molecule has 1 N–H and O–H groups in total. The lowest BCUT2D eigenvalue weighted by atomic mass is 10.0. The number of carbonyl (C=O) groups excluding carboxylic acids is 1. The Balaban J connectivity index is 3.99. The largest absolute Gasteiger partial charge is 0.305 e. The standard InChI is InChI=1S/C10H21NOS/c1-7(2)5-10(12)9(6-13)11-8(3)4/h7-9,11,13H,5-6H2,1-4H3. The van der Waals surface area contributed by atoms with Crippen molar-refractivity contribution in [1.29, 1.82) is 0 Å². The lowest BCUT2D eigenvalue weighted by Gasteiger charge is -2.18. The van der Waals surface area contributed by atoms with Crippen LogP contribution in [0.1, 0.15) is 34.1 Å². The minimum Gasteiger partial charge on any atom is -0.305 e. The summed E-state index contributed by atoms with van der Waals surface area (Å²) in [6, 6.07) is 0.263. The molecule has 0 fully saturated rings. The second kappa shape index (κ2) is 6.44. The maximum atomic E-state index is 11.6. The first-order valence-electron chi connectivity index (χ1n) is 4.87. The second-order valence-electron chi connectivity index (χ2n) is 4.12. The molecule has 0 saturated heterocycles. The molecule has 0 rings (SSSR count). The molecule has 0 aliphatic carbocycles. The molecule has 0 saturated carbocycles. The van der Waals surface area contributed by atoms with Crippen molar-refractivity contribution < 1.29 is 4.79 Å². The normalized spacial score (nSPS) is 13.8. The van der Waals surface area contributed by atoms with Crippen molar-refractivity contribution in [2.75, 3.05) is 5.75 Å². The minimum absolute atomic E-state index is 0.0780. The predicted molar refractivity (Wildman–Crippen MR) is 60.4 cm³/mol. The molecule has 3 heteroatoms. The highest BCUT2D eigenvalue weighted by Gasteiger charge is 2.17. The number of nitrogens with one attached hydrogen (secondary N) is 1. The van der Waals surface area contributed by atoms with Crippen LogP contribution in [0.15, 0.2) is 0 Å². The molecule has 0 amide bonds. The van der Waals surface area contributed by atoms with Gasteiger partial charge in [0.1, 0.15) is 0 Å². The SMILES string of the molecule is CC(C)CC(=O)C(CS)NC(C)C. The molecule has 1 unspecified atom stereocenters. The summed E-state index contributed by atoms with van der Waals surface area (Å²) in [4.78, 5) is 11.6. The van der Waals surface area contributed by atoms with E-state index in [9.17, 15) is 4.79 Å². The van der Waals surface area contributed by atoms with E-state index in [4.69, 9.17) is 0 Å². The number of hydrogen-bond acceptors (Lipinski definition) is 3. The Morgan fingerprint density at radius 2 is 1.85 bits per heavy atom. The fourth-order valence-electron chi connectivity index (χ4n) is 1.19. The fourth-order valence-corrected chi connectivity index (χ4v) is 1.50. The highest BCUT2D eigenvalue weighted by atomic mass is 32.1. The zero-order valence-corrected chi connectivity index (χ0v) is 9.90. The van der Waals surface area contributed by atoms with Crippen molar-refractivity contribution in [3.63, 3.8) is 0 Å². The van der Waals surface area contributed by atoms with E-state index in [1.54, 1.807) is 0 Å². The number of ketones is 1. The van der Waals surface area contributed by atoms with Gasteiger partial charge in [-0.25, -0.2) is 0 Å². The lowest BCUT2D eigenvalue weighted by molar-refractivity contribution is -0.121. The molecule has 0 radical (unpaired) electrons. The quantitative estimate of drug-likeness (QED) is 0.646. The Morgan fingerprint density at radius 3 is 2.15 bits per heavy atom. The Kier molecular flexibility index (Phi) is 6.43. The average molecular weight is 203 g/mol. The summed E-state index contributed by atoms with van der Waals surface area (Å²) < 4.78 is 0. The number of thiol groups is 1. The molecule has 0 aromatic rings. The second-order valence-corrected chi connectivity index (χ2v) is 4.49. The third kappa shape index (κ3) is 6.11.